The van der Waals surface area contributed by atoms with Crippen molar-refractivity contribution in [3.63, 3.8) is 0 Å². The van der Waals surface area contributed by atoms with Crippen LogP contribution in [0.3, 0.4) is 0 Å². The van der Waals surface area contributed by atoms with Gasteiger partial charge in [0.25, 0.3) is 5.56 Å². The first kappa shape index (κ1) is 19.5. The minimum atomic E-state index is -0.0529. The van der Waals surface area contributed by atoms with Crippen LogP contribution < -0.4 is 5.56 Å². The van der Waals surface area contributed by atoms with Crippen molar-refractivity contribution in [3.8, 4) is 0 Å². The number of carbonyl (C=O) groups is 1. The standard InChI is InChI=1S/C21H27N3O3S/c1-15-8-10-23(11-9-15)19(25)14-28-21-22-18-7-3-2-6-17(18)20(26)24(21)13-16-5-4-12-27-16/h2-3,6-7,15-16H,4-5,8-14H2,1H3/t16-/m1/s1. The Balaban J connectivity index is 1.55. The van der Waals surface area contributed by atoms with E-state index < -0.39 is 0 Å². The van der Waals surface area contributed by atoms with Crippen LogP contribution in [0.2, 0.25) is 0 Å². The lowest BCUT2D eigenvalue weighted by molar-refractivity contribution is -0.129. The van der Waals surface area contributed by atoms with E-state index in [2.05, 4.69) is 6.92 Å². The van der Waals surface area contributed by atoms with Crippen LogP contribution >= 0.6 is 11.8 Å². The molecule has 2 aliphatic rings. The van der Waals surface area contributed by atoms with Gasteiger partial charge in [0.2, 0.25) is 5.91 Å². The Kier molecular flexibility index (Phi) is 6.01. The van der Waals surface area contributed by atoms with Crippen molar-refractivity contribution in [2.24, 2.45) is 5.92 Å². The highest BCUT2D eigenvalue weighted by Crippen LogP contribution is 2.22. The van der Waals surface area contributed by atoms with Crippen molar-refractivity contribution in [1.82, 2.24) is 14.5 Å². The van der Waals surface area contributed by atoms with Crippen molar-refractivity contribution in [1.29, 1.82) is 0 Å². The molecule has 2 fully saturated rings. The number of fused-ring (bicyclic) bond motifs is 1. The Bertz CT molecular complexity index is 899. The van der Waals surface area contributed by atoms with E-state index in [0.717, 1.165) is 45.4 Å². The van der Waals surface area contributed by atoms with Crippen LogP contribution in [0.1, 0.15) is 32.6 Å². The SMILES string of the molecule is CC1CCN(C(=O)CSc2nc3ccccc3c(=O)n2C[C@H]2CCCO2)CC1. The molecule has 2 saturated heterocycles. The van der Waals surface area contributed by atoms with E-state index in [0.29, 0.717) is 34.3 Å². The summed E-state index contributed by atoms with van der Waals surface area (Å²) in [7, 11) is 0. The summed E-state index contributed by atoms with van der Waals surface area (Å²) in [6.07, 6.45) is 4.14. The summed E-state index contributed by atoms with van der Waals surface area (Å²) in [5.41, 5.74) is 0.626. The first-order valence-corrected chi connectivity index (χ1v) is 11.1. The zero-order valence-corrected chi connectivity index (χ0v) is 17.1. The van der Waals surface area contributed by atoms with Gasteiger partial charge >= 0.3 is 0 Å². The molecule has 0 bridgehead atoms. The average molecular weight is 402 g/mol. The van der Waals surface area contributed by atoms with E-state index >= 15 is 0 Å². The van der Waals surface area contributed by atoms with Gasteiger partial charge in [-0.25, -0.2) is 4.98 Å². The largest absolute Gasteiger partial charge is 0.376 e. The number of nitrogens with zero attached hydrogens (tertiary/aromatic N) is 3. The molecule has 2 aromatic rings. The van der Waals surface area contributed by atoms with Crippen LogP contribution in [0.15, 0.2) is 34.2 Å². The Hall–Kier alpha value is -1.86. The number of hydrogen-bond acceptors (Lipinski definition) is 5. The molecule has 150 valence electrons. The van der Waals surface area contributed by atoms with Gasteiger partial charge in [0, 0.05) is 19.7 Å². The lowest BCUT2D eigenvalue weighted by Crippen LogP contribution is -2.39. The van der Waals surface area contributed by atoms with Crippen LogP contribution in [-0.2, 0) is 16.1 Å². The van der Waals surface area contributed by atoms with Gasteiger partial charge in [0.1, 0.15) is 0 Å². The summed E-state index contributed by atoms with van der Waals surface area (Å²) in [6, 6.07) is 7.40. The third-order valence-electron chi connectivity index (χ3n) is 5.70. The van der Waals surface area contributed by atoms with Gasteiger partial charge in [-0.1, -0.05) is 30.8 Å². The van der Waals surface area contributed by atoms with E-state index in [-0.39, 0.29) is 17.6 Å². The van der Waals surface area contributed by atoms with E-state index in [1.807, 2.05) is 29.2 Å². The maximum Gasteiger partial charge on any atom is 0.262 e. The molecule has 1 amide bonds. The van der Waals surface area contributed by atoms with Crippen LogP contribution in [0, 0.1) is 5.92 Å². The van der Waals surface area contributed by atoms with E-state index in [4.69, 9.17) is 9.72 Å². The van der Waals surface area contributed by atoms with Gasteiger partial charge in [0.15, 0.2) is 5.16 Å². The molecule has 1 atom stereocenters. The second-order valence-electron chi connectivity index (χ2n) is 7.81. The van der Waals surface area contributed by atoms with Crippen molar-refractivity contribution in [3.05, 3.63) is 34.6 Å². The third-order valence-corrected chi connectivity index (χ3v) is 6.66. The molecule has 0 N–H and O–H groups in total. The van der Waals surface area contributed by atoms with Crippen molar-refractivity contribution >= 4 is 28.6 Å². The zero-order chi connectivity index (χ0) is 19.5. The fourth-order valence-electron chi connectivity index (χ4n) is 3.89. The highest BCUT2D eigenvalue weighted by molar-refractivity contribution is 7.99. The lowest BCUT2D eigenvalue weighted by Gasteiger charge is -2.30. The number of rotatable bonds is 5. The quantitative estimate of drug-likeness (QED) is 0.569. The minimum Gasteiger partial charge on any atom is -0.376 e. The number of benzene rings is 1. The molecule has 7 heteroatoms. The molecule has 3 heterocycles. The predicted octanol–water partition coefficient (Wildman–Crippen LogP) is 2.93. The van der Waals surface area contributed by atoms with E-state index in [9.17, 15) is 9.59 Å². The molecule has 6 nitrogen and oxygen atoms in total. The summed E-state index contributed by atoms with van der Waals surface area (Å²) >= 11 is 1.37. The van der Waals surface area contributed by atoms with Gasteiger partial charge in [0.05, 0.1) is 29.3 Å². The topological polar surface area (TPSA) is 64.4 Å². The monoisotopic (exact) mass is 401 g/mol. The van der Waals surface area contributed by atoms with Gasteiger partial charge in [-0.2, -0.15) is 0 Å². The number of aromatic nitrogens is 2. The highest BCUT2D eigenvalue weighted by Gasteiger charge is 2.23. The average Bonchev–Trinajstić information content (AvgIpc) is 3.22. The Morgan fingerprint density at radius 1 is 1.25 bits per heavy atom. The van der Waals surface area contributed by atoms with Crippen molar-refractivity contribution < 1.29 is 9.53 Å². The number of piperidine rings is 1. The van der Waals surface area contributed by atoms with E-state index in [1.165, 1.54) is 11.8 Å². The Morgan fingerprint density at radius 3 is 2.79 bits per heavy atom. The molecule has 1 aromatic heterocycles. The number of thioether (sulfide) groups is 1. The van der Waals surface area contributed by atoms with E-state index in [1.54, 1.807) is 4.57 Å². The number of amides is 1. The smallest absolute Gasteiger partial charge is 0.262 e. The molecule has 0 radical (unpaired) electrons. The Morgan fingerprint density at radius 2 is 2.04 bits per heavy atom. The number of likely N-dealkylation sites (tertiary alicyclic amines) is 1. The third kappa shape index (κ3) is 4.25. The lowest BCUT2D eigenvalue weighted by atomic mass is 9.99. The van der Waals surface area contributed by atoms with Gasteiger partial charge in [-0.15, -0.1) is 0 Å². The number of para-hydroxylation sites is 1. The maximum atomic E-state index is 13.1. The van der Waals surface area contributed by atoms with Gasteiger partial charge < -0.3 is 9.64 Å². The first-order chi connectivity index (χ1) is 13.6. The van der Waals surface area contributed by atoms with Gasteiger partial charge in [-0.3, -0.25) is 14.2 Å². The zero-order valence-electron chi connectivity index (χ0n) is 16.3. The molecular weight excluding hydrogens is 374 g/mol. The van der Waals surface area contributed by atoms with Crippen molar-refractivity contribution in [2.45, 2.75) is 50.4 Å². The molecule has 2 aliphatic heterocycles. The van der Waals surface area contributed by atoms with Crippen LogP contribution in [0.4, 0.5) is 0 Å². The fourth-order valence-corrected chi connectivity index (χ4v) is 4.80. The predicted molar refractivity (Wildman–Crippen MR) is 111 cm³/mol. The summed E-state index contributed by atoms with van der Waals surface area (Å²) in [6.45, 7) is 5.13. The summed E-state index contributed by atoms with van der Waals surface area (Å²) < 4.78 is 7.44. The highest BCUT2D eigenvalue weighted by atomic mass is 32.2. The second-order valence-corrected chi connectivity index (χ2v) is 8.76. The fraction of sp³-hybridized carbons (Fsp3) is 0.571. The van der Waals surface area contributed by atoms with Crippen LogP contribution in [-0.4, -0.2) is 51.9 Å². The normalized spacial score (nSPS) is 20.8. The summed E-state index contributed by atoms with van der Waals surface area (Å²) in [4.78, 5) is 32.4. The second kappa shape index (κ2) is 8.66. The number of hydrogen-bond donors (Lipinski definition) is 0. The number of carbonyl (C=O) groups excluding carboxylic acids is 1. The van der Waals surface area contributed by atoms with Crippen molar-refractivity contribution in [2.75, 3.05) is 25.4 Å². The maximum absolute atomic E-state index is 13.1. The van der Waals surface area contributed by atoms with Crippen LogP contribution in [0.25, 0.3) is 10.9 Å². The molecule has 1 aromatic carbocycles. The van der Waals surface area contributed by atoms with Crippen LogP contribution in [0.5, 0.6) is 0 Å². The molecule has 0 spiro atoms. The molecule has 0 aliphatic carbocycles. The number of ether oxygens (including phenoxy) is 1. The molecule has 0 saturated carbocycles. The molecule has 4 rings (SSSR count). The first-order valence-electron chi connectivity index (χ1n) is 10.1. The summed E-state index contributed by atoms with van der Waals surface area (Å²) in [5, 5.41) is 1.22. The molecule has 0 unspecified atom stereocenters. The Labute approximate surface area is 169 Å². The molecular formula is C21H27N3O3S. The van der Waals surface area contributed by atoms with Gasteiger partial charge in [-0.05, 0) is 43.7 Å². The summed E-state index contributed by atoms with van der Waals surface area (Å²) in [5.74, 6) is 1.13. The molecule has 28 heavy (non-hydrogen) atoms. The minimum absolute atomic E-state index is 0.0410.